The molecule has 1 fully saturated rings. The minimum Gasteiger partial charge on any atom is -0.478 e. The Kier molecular flexibility index (Phi) is 9.10. The molecule has 0 aliphatic carbocycles. The number of hydrogen-bond donors (Lipinski definition) is 4. The molecule has 2 rings (SSSR count). The Morgan fingerprint density at radius 2 is 1.82 bits per heavy atom. The van der Waals surface area contributed by atoms with Crippen molar-refractivity contribution in [1.29, 1.82) is 0 Å². The van der Waals surface area contributed by atoms with E-state index < -0.39 is 29.7 Å². The highest BCUT2D eigenvalue weighted by atomic mass is 16.4. The Morgan fingerprint density at radius 1 is 1.21 bits per heavy atom. The van der Waals surface area contributed by atoms with Gasteiger partial charge in [0.05, 0.1) is 11.1 Å². The standard InChI is InChI=1S/C13H13N3O5.C6H15N/c14-7-3-1-2-6(10(7)13(20)21)11(18)15-8-4-5-9(17)16-12(8)19;1-4-7(5-2)6-3/h1-3,8H,4-5,14H2,(H,15,18)(H,20,21)(H,16,17,19);4-6H2,1-3H3. The van der Waals surface area contributed by atoms with Crippen molar-refractivity contribution in [2.24, 2.45) is 0 Å². The van der Waals surface area contributed by atoms with Crippen LogP contribution in [0.3, 0.4) is 0 Å². The summed E-state index contributed by atoms with van der Waals surface area (Å²) in [6.45, 7) is 10.1. The molecule has 9 nitrogen and oxygen atoms in total. The van der Waals surface area contributed by atoms with Crippen molar-refractivity contribution < 1.29 is 24.3 Å². The van der Waals surface area contributed by atoms with Crippen molar-refractivity contribution in [2.45, 2.75) is 39.7 Å². The molecule has 1 aliphatic rings. The van der Waals surface area contributed by atoms with E-state index in [1.54, 1.807) is 0 Å². The van der Waals surface area contributed by atoms with Crippen molar-refractivity contribution in [1.82, 2.24) is 15.5 Å². The largest absolute Gasteiger partial charge is 0.478 e. The maximum Gasteiger partial charge on any atom is 0.338 e. The number of carboxylic acids is 1. The maximum absolute atomic E-state index is 12.1. The second-order valence-electron chi connectivity index (χ2n) is 6.17. The Bertz CT molecular complexity index is 726. The highest BCUT2D eigenvalue weighted by Gasteiger charge is 2.29. The second kappa shape index (κ2) is 11.0. The van der Waals surface area contributed by atoms with Gasteiger partial charge in [0.1, 0.15) is 6.04 Å². The molecule has 0 bridgehead atoms. The summed E-state index contributed by atoms with van der Waals surface area (Å²) in [5, 5.41) is 13.6. The van der Waals surface area contributed by atoms with Crippen molar-refractivity contribution in [3.05, 3.63) is 29.3 Å². The molecule has 1 aromatic carbocycles. The Hall–Kier alpha value is -2.94. The Balaban J connectivity index is 0.000000480. The first-order valence-corrected chi connectivity index (χ1v) is 9.23. The number of benzene rings is 1. The molecular weight excluding hydrogens is 364 g/mol. The summed E-state index contributed by atoms with van der Waals surface area (Å²) in [6, 6.07) is 3.24. The highest BCUT2D eigenvalue weighted by molar-refractivity contribution is 6.09. The van der Waals surface area contributed by atoms with Crippen LogP contribution in [0.15, 0.2) is 18.2 Å². The molecule has 0 spiro atoms. The fourth-order valence-electron chi connectivity index (χ4n) is 2.74. The summed E-state index contributed by atoms with van der Waals surface area (Å²) in [4.78, 5) is 48.3. The summed E-state index contributed by atoms with van der Waals surface area (Å²) in [6.07, 6.45) is 0.278. The van der Waals surface area contributed by atoms with Crippen molar-refractivity contribution in [3.8, 4) is 0 Å². The molecule has 1 aromatic rings. The molecule has 154 valence electrons. The van der Waals surface area contributed by atoms with Gasteiger partial charge in [0, 0.05) is 12.1 Å². The maximum atomic E-state index is 12.1. The zero-order valence-electron chi connectivity index (χ0n) is 16.4. The topological polar surface area (TPSA) is 142 Å². The molecule has 1 heterocycles. The number of carboxylic acid groups (broad SMARTS) is 1. The van der Waals surface area contributed by atoms with Gasteiger partial charge in [-0.1, -0.05) is 26.8 Å². The molecule has 0 saturated carbocycles. The number of aromatic carboxylic acids is 1. The lowest BCUT2D eigenvalue weighted by atomic mass is 10.0. The fourth-order valence-corrected chi connectivity index (χ4v) is 2.74. The summed E-state index contributed by atoms with van der Waals surface area (Å²) in [7, 11) is 0. The first-order chi connectivity index (χ1) is 13.2. The third-order valence-corrected chi connectivity index (χ3v) is 4.44. The second-order valence-corrected chi connectivity index (χ2v) is 6.17. The van der Waals surface area contributed by atoms with Crippen LogP contribution in [0.1, 0.15) is 54.3 Å². The van der Waals surface area contributed by atoms with Gasteiger partial charge in [-0.3, -0.25) is 19.7 Å². The van der Waals surface area contributed by atoms with E-state index in [0.717, 1.165) is 0 Å². The van der Waals surface area contributed by atoms with Gasteiger partial charge in [0.15, 0.2) is 0 Å². The molecule has 0 radical (unpaired) electrons. The van der Waals surface area contributed by atoms with Crippen LogP contribution in [0.5, 0.6) is 0 Å². The van der Waals surface area contributed by atoms with Gasteiger partial charge in [-0.05, 0) is 38.2 Å². The van der Waals surface area contributed by atoms with Crippen LogP contribution >= 0.6 is 0 Å². The number of anilines is 1. The minimum absolute atomic E-state index is 0.0431. The Morgan fingerprint density at radius 3 is 2.29 bits per heavy atom. The number of nitrogens with one attached hydrogen (secondary N) is 2. The molecule has 0 aromatic heterocycles. The average Bonchev–Trinajstić information content (AvgIpc) is 2.65. The van der Waals surface area contributed by atoms with Crippen LogP contribution in [0.2, 0.25) is 0 Å². The number of piperidine rings is 1. The minimum atomic E-state index is -1.33. The van der Waals surface area contributed by atoms with Crippen LogP contribution in [0, 0.1) is 0 Å². The molecule has 5 N–H and O–H groups in total. The number of rotatable bonds is 6. The van der Waals surface area contributed by atoms with Gasteiger partial charge in [0.25, 0.3) is 5.91 Å². The van der Waals surface area contributed by atoms with Crippen molar-refractivity contribution >= 4 is 29.4 Å². The van der Waals surface area contributed by atoms with Crippen molar-refractivity contribution in [3.63, 3.8) is 0 Å². The summed E-state index contributed by atoms with van der Waals surface area (Å²) < 4.78 is 0. The van der Waals surface area contributed by atoms with E-state index in [-0.39, 0.29) is 29.7 Å². The van der Waals surface area contributed by atoms with Crippen LogP contribution in [0.4, 0.5) is 5.69 Å². The first kappa shape index (κ1) is 23.1. The van der Waals surface area contributed by atoms with E-state index in [0.29, 0.717) is 0 Å². The lowest BCUT2D eigenvalue weighted by Gasteiger charge is -2.22. The number of carbonyl (C=O) groups excluding carboxylic acids is 3. The normalized spacial score (nSPS) is 16.1. The summed E-state index contributed by atoms with van der Waals surface area (Å²) >= 11 is 0. The number of nitrogen functional groups attached to an aromatic ring is 1. The molecule has 1 unspecified atom stereocenters. The number of amides is 3. The smallest absolute Gasteiger partial charge is 0.338 e. The molecule has 9 heteroatoms. The van der Waals surface area contributed by atoms with Gasteiger partial charge in [-0.25, -0.2) is 4.79 Å². The molecule has 1 atom stereocenters. The van der Waals surface area contributed by atoms with Crippen LogP contribution in [-0.4, -0.2) is 59.4 Å². The zero-order chi connectivity index (χ0) is 21.3. The molecule has 3 amide bonds. The number of imide groups is 1. The van der Waals surface area contributed by atoms with Gasteiger partial charge < -0.3 is 21.1 Å². The van der Waals surface area contributed by atoms with E-state index >= 15 is 0 Å². The van der Waals surface area contributed by atoms with E-state index in [2.05, 4.69) is 36.3 Å². The molecular formula is C19H28N4O5. The lowest BCUT2D eigenvalue weighted by molar-refractivity contribution is -0.134. The predicted molar refractivity (Wildman–Crippen MR) is 105 cm³/mol. The highest BCUT2D eigenvalue weighted by Crippen LogP contribution is 2.17. The van der Waals surface area contributed by atoms with E-state index in [4.69, 9.17) is 10.8 Å². The third-order valence-electron chi connectivity index (χ3n) is 4.44. The third kappa shape index (κ3) is 6.34. The SMILES string of the molecule is CCN(CC)CC.Nc1cccc(C(=O)NC2CCC(=O)NC2=O)c1C(=O)O. The number of nitrogens with zero attached hydrogens (tertiary/aromatic N) is 1. The van der Waals surface area contributed by atoms with Gasteiger partial charge in [0.2, 0.25) is 11.8 Å². The number of nitrogens with two attached hydrogens (primary N) is 1. The van der Waals surface area contributed by atoms with Gasteiger partial charge >= 0.3 is 5.97 Å². The van der Waals surface area contributed by atoms with E-state index in [1.807, 2.05) is 0 Å². The van der Waals surface area contributed by atoms with Crippen molar-refractivity contribution in [2.75, 3.05) is 25.4 Å². The number of carbonyl (C=O) groups is 4. The van der Waals surface area contributed by atoms with Crippen LogP contribution in [-0.2, 0) is 9.59 Å². The fraction of sp³-hybridized carbons (Fsp3) is 0.474. The van der Waals surface area contributed by atoms with Crippen LogP contribution < -0.4 is 16.4 Å². The molecule has 1 saturated heterocycles. The predicted octanol–water partition coefficient (Wildman–Crippen LogP) is 0.850. The average molecular weight is 392 g/mol. The quantitative estimate of drug-likeness (QED) is 0.415. The summed E-state index contributed by atoms with van der Waals surface area (Å²) in [5.41, 5.74) is 5.06. The lowest BCUT2D eigenvalue weighted by Crippen LogP contribution is -2.52. The van der Waals surface area contributed by atoms with Gasteiger partial charge in [-0.15, -0.1) is 0 Å². The van der Waals surface area contributed by atoms with E-state index in [1.165, 1.54) is 37.8 Å². The molecule has 28 heavy (non-hydrogen) atoms. The summed E-state index contributed by atoms with van der Waals surface area (Å²) in [5.74, 6) is -3.07. The first-order valence-electron chi connectivity index (χ1n) is 9.23. The number of hydrogen-bond acceptors (Lipinski definition) is 6. The Labute approximate surface area is 164 Å². The van der Waals surface area contributed by atoms with E-state index in [9.17, 15) is 19.2 Å². The monoisotopic (exact) mass is 392 g/mol. The van der Waals surface area contributed by atoms with Gasteiger partial charge in [-0.2, -0.15) is 0 Å². The van der Waals surface area contributed by atoms with Crippen LogP contribution in [0.25, 0.3) is 0 Å². The zero-order valence-corrected chi connectivity index (χ0v) is 16.4. The molecule has 1 aliphatic heterocycles.